The first-order valence-corrected chi connectivity index (χ1v) is 8.95. The molecule has 0 unspecified atom stereocenters. The van der Waals surface area contributed by atoms with E-state index in [1.807, 2.05) is 43.4 Å². The number of aromatic nitrogens is 2. The summed E-state index contributed by atoms with van der Waals surface area (Å²) in [7, 11) is 3.77. The number of carbonyl (C=O) groups excluding carboxylic acids is 1. The maximum Gasteiger partial charge on any atom is 0.275 e. The van der Waals surface area contributed by atoms with E-state index in [1.165, 1.54) is 5.56 Å². The van der Waals surface area contributed by atoms with Gasteiger partial charge in [-0.25, -0.2) is 0 Å². The first-order valence-electron chi connectivity index (χ1n) is 8.95. The maximum absolute atomic E-state index is 12.5. The number of pyridine rings is 1. The molecule has 0 aliphatic rings. The summed E-state index contributed by atoms with van der Waals surface area (Å²) in [6, 6.07) is 17.7. The molecule has 0 saturated carbocycles. The van der Waals surface area contributed by atoms with Crippen molar-refractivity contribution in [3.8, 4) is 0 Å². The number of carbonyl (C=O) groups is 1. The summed E-state index contributed by atoms with van der Waals surface area (Å²) >= 11 is 0. The average Bonchev–Trinajstić information content (AvgIpc) is 3.15. The second-order valence-electron chi connectivity index (χ2n) is 6.63. The minimum atomic E-state index is -0.147. The number of amides is 1. The summed E-state index contributed by atoms with van der Waals surface area (Å²) in [6.07, 6.45) is 2.46. The van der Waals surface area contributed by atoms with Gasteiger partial charge in [0.2, 0.25) is 0 Å². The zero-order valence-electron chi connectivity index (χ0n) is 15.7. The highest BCUT2D eigenvalue weighted by atomic mass is 16.5. The van der Waals surface area contributed by atoms with Crippen LogP contribution in [0.15, 0.2) is 65.3 Å². The maximum atomic E-state index is 12.5. The third-order valence-corrected chi connectivity index (χ3v) is 4.28. The second kappa shape index (κ2) is 9.09. The van der Waals surface area contributed by atoms with Crippen molar-refractivity contribution in [2.75, 3.05) is 20.6 Å². The van der Waals surface area contributed by atoms with Crippen molar-refractivity contribution in [2.24, 2.45) is 0 Å². The van der Waals surface area contributed by atoms with Crippen LogP contribution in [0.2, 0.25) is 0 Å². The minimum Gasteiger partial charge on any atom is -0.359 e. The molecule has 0 aliphatic carbocycles. The van der Waals surface area contributed by atoms with Crippen LogP contribution >= 0.6 is 0 Å². The predicted octanol–water partition coefficient (Wildman–Crippen LogP) is 3.02. The Morgan fingerprint density at radius 1 is 1.04 bits per heavy atom. The largest absolute Gasteiger partial charge is 0.359 e. The van der Waals surface area contributed by atoms with Gasteiger partial charge >= 0.3 is 0 Å². The van der Waals surface area contributed by atoms with Gasteiger partial charge in [0.15, 0.2) is 11.5 Å². The lowest BCUT2D eigenvalue weighted by Crippen LogP contribution is -2.29. The van der Waals surface area contributed by atoms with Gasteiger partial charge in [-0.3, -0.25) is 14.7 Å². The summed E-state index contributed by atoms with van der Waals surface area (Å²) in [6.45, 7) is 1.97. The molecule has 0 fully saturated rings. The Bertz CT molecular complexity index is 849. The van der Waals surface area contributed by atoms with Gasteiger partial charge in [-0.05, 0) is 24.7 Å². The highest BCUT2D eigenvalue weighted by molar-refractivity contribution is 5.92. The van der Waals surface area contributed by atoms with Gasteiger partial charge in [-0.1, -0.05) is 41.6 Å². The SMILES string of the molecule is CN(Cc1ccccc1)Cc1cc(C(=O)N(C)CCc2ccccn2)no1. The van der Waals surface area contributed by atoms with Crippen LogP contribution in [0.5, 0.6) is 0 Å². The van der Waals surface area contributed by atoms with E-state index in [2.05, 4.69) is 27.2 Å². The molecule has 0 radical (unpaired) electrons. The Morgan fingerprint density at radius 3 is 2.56 bits per heavy atom. The Morgan fingerprint density at radius 2 is 1.81 bits per heavy atom. The molecule has 140 valence electrons. The number of rotatable bonds is 8. The molecular formula is C21H24N4O2. The van der Waals surface area contributed by atoms with Gasteiger partial charge in [0.05, 0.1) is 6.54 Å². The second-order valence-corrected chi connectivity index (χ2v) is 6.63. The fourth-order valence-corrected chi connectivity index (χ4v) is 2.83. The van der Waals surface area contributed by atoms with Crippen LogP contribution in [-0.2, 0) is 19.5 Å². The fraction of sp³-hybridized carbons (Fsp3) is 0.286. The van der Waals surface area contributed by atoms with Crippen molar-refractivity contribution in [1.29, 1.82) is 0 Å². The average molecular weight is 364 g/mol. The Labute approximate surface area is 159 Å². The minimum absolute atomic E-state index is 0.147. The molecule has 3 aromatic rings. The Balaban J connectivity index is 1.52. The molecule has 6 nitrogen and oxygen atoms in total. The van der Waals surface area contributed by atoms with Gasteiger partial charge in [-0.15, -0.1) is 0 Å². The van der Waals surface area contributed by atoms with Crippen LogP contribution in [-0.4, -0.2) is 46.5 Å². The zero-order chi connectivity index (χ0) is 19.1. The van der Waals surface area contributed by atoms with Gasteiger partial charge in [0.25, 0.3) is 5.91 Å². The third-order valence-electron chi connectivity index (χ3n) is 4.28. The Hall–Kier alpha value is -2.99. The number of likely N-dealkylation sites (N-methyl/N-ethyl adjacent to an activating group) is 1. The van der Waals surface area contributed by atoms with Crippen LogP contribution in [0.1, 0.15) is 27.5 Å². The molecule has 2 heterocycles. The quantitative estimate of drug-likeness (QED) is 0.615. The first-order chi connectivity index (χ1) is 13.1. The molecule has 0 saturated heterocycles. The van der Waals surface area contributed by atoms with Crippen molar-refractivity contribution in [3.63, 3.8) is 0 Å². The molecule has 0 bridgehead atoms. The zero-order valence-corrected chi connectivity index (χ0v) is 15.7. The normalized spacial score (nSPS) is 10.9. The third kappa shape index (κ3) is 5.49. The van der Waals surface area contributed by atoms with E-state index < -0.39 is 0 Å². The van der Waals surface area contributed by atoms with E-state index in [-0.39, 0.29) is 5.91 Å². The van der Waals surface area contributed by atoms with Crippen LogP contribution in [0.3, 0.4) is 0 Å². The molecule has 6 heteroatoms. The topological polar surface area (TPSA) is 62.5 Å². The first kappa shape index (κ1) is 18.8. The van der Waals surface area contributed by atoms with Crippen molar-refractivity contribution in [3.05, 3.63) is 83.5 Å². The van der Waals surface area contributed by atoms with E-state index >= 15 is 0 Å². The van der Waals surface area contributed by atoms with Crippen LogP contribution in [0.25, 0.3) is 0 Å². The molecule has 0 aliphatic heterocycles. The van der Waals surface area contributed by atoms with Gasteiger partial charge in [0.1, 0.15) is 0 Å². The monoisotopic (exact) mass is 364 g/mol. The molecule has 27 heavy (non-hydrogen) atoms. The van der Waals surface area contributed by atoms with E-state index in [1.54, 1.807) is 24.2 Å². The molecule has 1 amide bonds. The summed E-state index contributed by atoms with van der Waals surface area (Å²) in [5.41, 5.74) is 2.52. The summed E-state index contributed by atoms with van der Waals surface area (Å²) in [4.78, 5) is 20.6. The lowest BCUT2D eigenvalue weighted by molar-refractivity contribution is 0.0786. The van der Waals surface area contributed by atoms with Crippen LogP contribution in [0.4, 0.5) is 0 Å². The van der Waals surface area contributed by atoms with E-state index in [0.29, 0.717) is 31.0 Å². The van der Waals surface area contributed by atoms with Gasteiger partial charge < -0.3 is 9.42 Å². The van der Waals surface area contributed by atoms with E-state index in [4.69, 9.17) is 4.52 Å². The highest BCUT2D eigenvalue weighted by Gasteiger charge is 2.17. The number of benzene rings is 1. The number of nitrogens with zero attached hydrogens (tertiary/aromatic N) is 4. The van der Waals surface area contributed by atoms with Crippen molar-refractivity contribution < 1.29 is 9.32 Å². The number of hydrogen-bond acceptors (Lipinski definition) is 5. The molecule has 2 aromatic heterocycles. The Kier molecular flexibility index (Phi) is 6.33. The summed E-state index contributed by atoms with van der Waals surface area (Å²) < 4.78 is 5.36. The predicted molar refractivity (Wildman–Crippen MR) is 103 cm³/mol. The van der Waals surface area contributed by atoms with Crippen molar-refractivity contribution in [1.82, 2.24) is 19.9 Å². The molecular weight excluding hydrogens is 340 g/mol. The van der Waals surface area contributed by atoms with Crippen molar-refractivity contribution in [2.45, 2.75) is 19.5 Å². The molecule has 3 rings (SSSR count). The molecule has 0 N–H and O–H groups in total. The lowest BCUT2D eigenvalue weighted by Gasteiger charge is -2.15. The van der Waals surface area contributed by atoms with Crippen LogP contribution < -0.4 is 0 Å². The van der Waals surface area contributed by atoms with Gasteiger partial charge in [0, 0.05) is 44.5 Å². The molecule has 1 aromatic carbocycles. The molecule has 0 atom stereocenters. The molecule has 0 spiro atoms. The number of hydrogen-bond donors (Lipinski definition) is 0. The van der Waals surface area contributed by atoms with E-state index in [0.717, 1.165) is 12.2 Å². The standard InChI is InChI=1S/C21H24N4O2/c1-24(15-17-8-4-3-5-9-17)16-19-14-20(23-27-19)21(26)25(2)13-11-18-10-6-7-12-22-18/h3-10,12,14H,11,13,15-16H2,1-2H3. The fourth-order valence-electron chi connectivity index (χ4n) is 2.83. The lowest BCUT2D eigenvalue weighted by atomic mass is 10.2. The smallest absolute Gasteiger partial charge is 0.275 e. The summed E-state index contributed by atoms with van der Waals surface area (Å²) in [5.74, 6) is 0.529. The van der Waals surface area contributed by atoms with Gasteiger partial charge in [-0.2, -0.15) is 0 Å². The van der Waals surface area contributed by atoms with Crippen molar-refractivity contribution >= 4 is 5.91 Å². The highest BCUT2D eigenvalue weighted by Crippen LogP contribution is 2.11. The van der Waals surface area contributed by atoms with Crippen LogP contribution in [0, 0.1) is 0 Å². The van der Waals surface area contributed by atoms with E-state index in [9.17, 15) is 4.79 Å². The summed E-state index contributed by atoms with van der Waals surface area (Å²) in [5, 5.41) is 3.94.